The van der Waals surface area contributed by atoms with E-state index in [9.17, 15) is 4.79 Å². The van der Waals surface area contributed by atoms with Crippen LogP contribution in [0.2, 0.25) is 0 Å². The van der Waals surface area contributed by atoms with Crippen molar-refractivity contribution in [3.8, 4) is 5.75 Å². The molecule has 0 aliphatic heterocycles. The van der Waals surface area contributed by atoms with Crippen LogP contribution >= 0.6 is 11.8 Å². The van der Waals surface area contributed by atoms with Crippen molar-refractivity contribution >= 4 is 23.4 Å². The van der Waals surface area contributed by atoms with E-state index < -0.39 is 0 Å². The minimum absolute atomic E-state index is 0.132. The molecule has 2 N–H and O–H groups in total. The fraction of sp³-hybridized carbons (Fsp3) is 0.286. The average Bonchev–Trinajstić information content (AvgIpc) is 3.41. The Bertz CT molecular complexity index is 906. The normalized spacial score (nSPS) is 14.1. The zero-order valence-corrected chi connectivity index (χ0v) is 16.2. The standard InChI is InChI=1S/C21H22N4O2S/c26-20(16-10-8-15(9-11-16)13-28-21-22-14-23-25-21)24-17-4-3-7-19(12-17)27-18-5-1-2-6-18/h3-4,7-12,14,18H,1-2,5-6,13H2,(H,24,26)(H,22,23,25). The molecule has 0 bridgehead atoms. The van der Waals surface area contributed by atoms with Crippen LogP contribution in [-0.2, 0) is 5.75 Å². The van der Waals surface area contributed by atoms with Gasteiger partial charge in [0.1, 0.15) is 12.1 Å². The Balaban J connectivity index is 1.34. The molecule has 3 aromatic rings. The summed E-state index contributed by atoms with van der Waals surface area (Å²) in [6, 6.07) is 15.2. The van der Waals surface area contributed by atoms with Gasteiger partial charge in [-0.2, -0.15) is 5.10 Å². The van der Waals surface area contributed by atoms with Gasteiger partial charge in [0.25, 0.3) is 5.91 Å². The topological polar surface area (TPSA) is 79.9 Å². The molecule has 1 amide bonds. The fourth-order valence-corrected chi connectivity index (χ4v) is 3.95. The van der Waals surface area contributed by atoms with E-state index in [4.69, 9.17) is 4.74 Å². The summed E-state index contributed by atoms with van der Waals surface area (Å²) >= 11 is 1.57. The number of nitrogens with zero attached hydrogens (tertiary/aromatic N) is 2. The molecule has 1 aliphatic carbocycles. The lowest BCUT2D eigenvalue weighted by atomic mass is 10.1. The van der Waals surface area contributed by atoms with Gasteiger partial charge in [-0.15, -0.1) is 0 Å². The first-order chi connectivity index (χ1) is 13.8. The molecule has 0 saturated heterocycles. The van der Waals surface area contributed by atoms with Crippen molar-refractivity contribution in [1.29, 1.82) is 0 Å². The number of H-pyrrole nitrogens is 1. The smallest absolute Gasteiger partial charge is 0.255 e. The number of carbonyl (C=O) groups is 1. The Hall–Kier alpha value is -2.80. The van der Waals surface area contributed by atoms with Crippen LogP contribution < -0.4 is 10.1 Å². The third-order valence-electron chi connectivity index (χ3n) is 4.68. The summed E-state index contributed by atoms with van der Waals surface area (Å²) < 4.78 is 6.01. The van der Waals surface area contributed by atoms with Crippen LogP contribution in [-0.4, -0.2) is 27.2 Å². The molecule has 7 heteroatoms. The van der Waals surface area contributed by atoms with Crippen molar-refractivity contribution in [1.82, 2.24) is 15.2 Å². The maximum Gasteiger partial charge on any atom is 0.255 e. The van der Waals surface area contributed by atoms with E-state index in [0.717, 1.165) is 40.8 Å². The lowest BCUT2D eigenvalue weighted by molar-refractivity contribution is 0.102. The van der Waals surface area contributed by atoms with E-state index >= 15 is 0 Å². The van der Waals surface area contributed by atoms with Gasteiger partial charge in [-0.3, -0.25) is 9.89 Å². The molecule has 6 nitrogen and oxygen atoms in total. The molecular weight excluding hydrogens is 372 g/mol. The summed E-state index contributed by atoms with van der Waals surface area (Å²) in [4.78, 5) is 16.6. The second-order valence-corrected chi connectivity index (χ2v) is 7.75. The molecule has 28 heavy (non-hydrogen) atoms. The highest BCUT2D eigenvalue weighted by Crippen LogP contribution is 2.26. The van der Waals surface area contributed by atoms with E-state index in [1.165, 1.54) is 19.2 Å². The molecule has 1 saturated carbocycles. The maximum absolute atomic E-state index is 12.5. The van der Waals surface area contributed by atoms with Crippen LogP contribution in [0.4, 0.5) is 5.69 Å². The molecule has 1 aromatic heterocycles. The average molecular weight is 394 g/mol. The quantitative estimate of drug-likeness (QED) is 0.569. The predicted molar refractivity (Wildman–Crippen MR) is 110 cm³/mol. The number of ether oxygens (including phenoxy) is 1. The second kappa shape index (κ2) is 8.93. The number of hydrogen-bond acceptors (Lipinski definition) is 5. The molecule has 4 rings (SSSR count). The highest BCUT2D eigenvalue weighted by molar-refractivity contribution is 7.98. The fourth-order valence-electron chi connectivity index (χ4n) is 3.22. The molecule has 1 aliphatic rings. The van der Waals surface area contributed by atoms with E-state index in [1.807, 2.05) is 48.5 Å². The Kier molecular flexibility index (Phi) is 5.92. The number of rotatable bonds is 7. The molecule has 0 atom stereocenters. The lowest BCUT2D eigenvalue weighted by Crippen LogP contribution is -2.13. The Morgan fingerprint density at radius 3 is 2.75 bits per heavy atom. The van der Waals surface area contributed by atoms with Crippen molar-refractivity contribution < 1.29 is 9.53 Å². The van der Waals surface area contributed by atoms with E-state index in [2.05, 4.69) is 20.5 Å². The van der Waals surface area contributed by atoms with Gasteiger partial charge in [-0.25, -0.2) is 4.98 Å². The van der Waals surface area contributed by atoms with Crippen LogP contribution in [0.1, 0.15) is 41.6 Å². The third kappa shape index (κ3) is 4.92. The molecule has 2 aromatic carbocycles. The van der Waals surface area contributed by atoms with Gasteiger partial charge < -0.3 is 10.1 Å². The summed E-state index contributed by atoms with van der Waals surface area (Å²) in [5.41, 5.74) is 2.48. The number of aromatic nitrogens is 3. The van der Waals surface area contributed by atoms with Crippen molar-refractivity contribution in [3.63, 3.8) is 0 Å². The number of anilines is 1. The van der Waals surface area contributed by atoms with E-state index in [1.54, 1.807) is 11.8 Å². The lowest BCUT2D eigenvalue weighted by Gasteiger charge is -2.14. The maximum atomic E-state index is 12.5. The highest BCUT2D eigenvalue weighted by Gasteiger charge is 2.16. The first kappa shape index (κ1) is 18.6. The van der Waals surface area contributed by atoms with Crippen LogP contribution in [0.5, 0.6) is 5.75 Å². The predicted octanol–water partition coefficient (Wildman–Crippen LogP) is 4.67. The molecule has 1 heterocycles. The SMILES string of the molecule is O=C(Nc1cccc(OC2CCCC2)c1)c1ccc(CSc2ncn[nH]2)cc1. The van der Waals surface area contributed by atoms with E-state index in [0.29, 0.717) is 11.7 Å². The minimum Gasteiger partial charge on any atom is -0.490 e. The summed E-state index contributed by atoms with van der Waals surface area (Å²) in [5, 5.41) is 10.4. The number of aromatic amines is 1. The van der Waals surface area contributed by atoms with Crippen LogP contribution in [0.15, 0.2) is 60.0 Å². The molecule has 0 radical (unpaired) electrons. The van der Waals surface area contributed by atoms with Gasteiger partial charge in [0.2, 0.25) is 0 Å². The van der Waals surface area contributed by atoms with Gasteiger partial charge in [-0.1, -0.05) is 30.0 Å². The molecule has 144 valence electrons. The van der Waals surface area contributed by atoms with Gasteiger partial charge in [-0.05, 0) is 55.5 Å². The summed E-state index contributed by atoms with van der Waals surface area (Å²) in [6.45, 7) is 0. The first-order valence-corrected chi connectivity index (χ1v) is 10.4. The number of amides is 1. The second-order valence-electron chi connectivity index (χ2n) is 6.78. The zero-order chi connectivity index (χ0) is 19.2. The number of thioether (sulfide) groups is 1. The largest absolute Gasteiger partial charge is 0.490 e. The minimum atomic E-state index is -0.132. The van der Waals surface area contributed by atoms with Crippen molar-refractivity contribution in [2.45, 2.75) is 42.7 Å². The van der Waals surface area contributed by atoms with Crippen molar-refractivity contribution in [2.75, 3.05) is 5.32 Å². The number of carbonyl (C=O) groups excluding carboxylic acids is 1. The van der Waals surface area contributed by atoms with Crippen LogP contribution in [0.25, 0.3) is 0 Å². The Morgan fingerprint density at radius 2 is 2.00 bits per heavy atom. The van der Waals surface area contributed by atoms with Gasteiger partial charge in [0.05, 0.1) is 6.10 Å². The number of benzene rings is 2. The van der Waals surface area contributed by atoms with E-state index in [-0.39, 0.29) is 5.91 Å². The van der Waals surface area contributed by atoms with Crippen LogP contribution in [0.3, 0.4) is 0 Å². The van der Waals surface area contributed by atoms with Gasteiger partial charge in [0.15, 0.2) is 5.16 Å². The highest BCUT2D eigenvalue weighted by atomic mass is 32.2. The van der Waals surface area contributed by atoms with Crippen LogP contribution in [0, 0.1) is 0 Å². The number of hydrogen-bond donors (Lipinski definition) is 2. The summed E-state index contributed by atoms with van der Waals surface area (Å²) in [5.74, 6) is 1.44. The van der Waals surface area contributed by atoms with Gasteiger partial charge >= 0.3 is 0 Å². The summed E-state index contributed by atoms with van der Waals surface area (Å²) in [7, 11) is 0. The van der Waals surface area contributed by atoms with Gasteiger partial charge in [0, 0.05) is 23.1 Å². The number of nitrogens with one attached hydrogen (secondary N) is 2. The summed E-state index contributed by atoms with van der Waals surface area (Å²) in [6.07, 6.45) is 6.47. The Labute approximate surface area is 168 Å². The molecular formula is C21H22N4O2S. The van der Waals surface area contributed by atoms with Crippen molar-refractivity contribution in [2.24, 2.45) is 0 Å². The molecule has 0 unspecified atom stereocenters. The van der Waals surface area contributed by atoms with Crippen molar-refractivity contribution in [3.05, 3.63) is 66.0 Å². The Morgan fingerprint density at radius 1 is 1.18 bits per heavy atom. The zero-order valence-electron chi connectivity index (χ0n) is 15.4. The third-order valence-corrected chi connectivity index (χ3v) is 5.63. The molecule has 1 fully saturated rings. The monoisotopic (exact) mass is 394 g/mol. The first-order valence-electron chi connectivity index (χ1n) is 9.41. The molecule has 0 spiro atoms.